The highest BCUT2D eigenvalue weighted by atomic mass is 15.6. The van der Waals surface area contributed by atoms with E-state index in [1.165, 1.54) is 5.56 Å². The molecule has 19 heavy (non-hydrogen) atoms. The van der Waals surface area contributed by atoms with Crippen LogP contribution in [-0.2, 0) is 6.54 Å². The number of benzene rings is 1. The number of hydrogen-bond acceptors (Lipinski definition) is 4. The zero-order valence-corrected chi connectivity index (χ0v) is 11.2. The van der Waals surface area contributed by atoms with Gasteiger partial charge < -0.3 is 5.32 Å². The molecule has 3 rings (SSSR count). The second-order valence-electron chi connectivity index (χ2n) is 5.04. The molecule has 0 aliphatic heterocycles. The number of rotatable bonds is 6. The molecule has 0 amide bonds. The average Bonchev–Trinajstić information content (AvgIpc) is 3.12. The van der Waals surface area contributed by atoms with Crippen LogP contribution in [0.25, 0.3) is 0 Å². The molecule has 1 aromatic carbocycles. The zero-order chi connectivity index (χ0) is 13.1. The van der Waals surface area contributed by atoms with Gasteiger partial charge in [0.1, 0.15) is 0 Å². The number of aromatic nitrogens is 4. The first kappa shape index (κ1) is 12.3. The van der Waals surface area contributed by atoms with E-state index in [-0.39, 0.29) is 0 Å². The second kappa shape index (κ2) is 5.48. The van der Waals surface area contributed by atoms with E-state index >= 15 is 0 Å². The third kappa shape index (κ3) is 2.66. The molecule has 0 radical (unpaired) electrons. The Hall–Kier alpha value is -1.75. The predicted octanol–water partition coefficient (Wildman–Crippen LogP) is 1.90. The Morgan fingerprint density at radius 3 is 2.95 bits per heavy atom. The maximum Gasteiger partial charge on any atom is 0.165 e. The van der Waals surface area contributed by atoms with E-state index in [0.717, 1.165) is 31.8 Å². The summed E-state index contributed by atoms with van der Waals surface area (Å²) in [7, 11) is 0. The minimum atomic E-state index is 0.427. The van der Waals surface area contributed by atoms with Crippen LogP contribution >= 0.6 is 0 Å². The summed E-state index contributed by atoms with van der Waals surface area (Å²) in [5.41, 5.74) is 1.38. The molecule has 1 aliphatic carbocycles. The van der Waals surface area contributed by atoms with Crippen LogP contribution in [-0.4, -0.2) is 26.8 Å². The van der Waals surface area contributed by atoms with Gasteiger partial charge in [0.15, 0.2) is 5.82 Å². The summed E-state index contributed by atoms with van der Waals surface area (Å²) < 4.78 is 1.99. The molecule has 1 N–H and O–H groups in total. The van der Waals surface area contributed by atoms with Crippen LogP contribution in [0, 0.1) is 0 Å². The SMILES string of the molecule is CCCNCc1nnnn1C1CC1c1ccccc1. The fourth-order valence-electron chi connectivity index (χ4n) is 2.47. The predicted molar refractivity (Wildman–Crippen MR) is 72.7 cm³/mol. The van der Waals surface area contributed by atoms with E-state index in [2.05, 4.69) is 58.1 Å². The molecule has 0 bridgehead atoms. The van der Waals surface area contributed by atoms with Crippen LogP contribution in [0.5, 0.6) is 0 Å². The van der Waals surface area contributed by atoms with Crippen LogP contribution in [0.3, 0.4) is 0 Å². The number of nitrogens with one attached hydrogen (secondary N) is 1. The summed E-state index contributed by atoms with van der Waals surface area (Å²) in [6.07, 6.45) is 2.26. The molecule has 2 unspecified atom stereocenters. The molecule has 0 spiro atoms. The molecule has 0 saturated heterocycles. The molecule has 1 aliphatic rings. The monoisotopic (exact) mass is 257 g/mol. The third-order valence-corrected chi connectivity index (χ3v) is 3.57. The van der Waals surface area contributed by atoms with Gasteiger partial charge in [0, 0.05) is 5.92 Å². The van der Waals surface area contributed by atoms with Gasteiger partial charge in [-0.2, -0.15) is 0 Å². The number of nitrogens with zero attached hydrogens (tertiary/aromatic N) is 4. The van der Waals surface area contributed by atoms with E-state index in [9.17, 15) is 0 Å². The Bertz CT molecular complexity index is 522. The average molecular weight is 257 g/mol. The van der Waals surface area contributed by atoms with E-state index in [4.69, 9.17) is 0 Å². The van der Waals surface area contributed by atoms with Crippen molar-refractivity contribution in [3.05, 3.63) is 41.7 Å². The van der Waals surface area contributed by atoms with Crippen molar-refractivity contribution in [1.29, 1.82) is 0 Å². The maximum absolute atomic E-state index is 4.15. The third-order valence-electron chi connectivity index (χ3n) is 3.57. The minimum Gasteiger partial charge on any atom is -0.310 e. The number of tetrazole rings is 1. The quantitative estimate of drug-likeness (QED) is 0.803. The smallest absolute Gasteiger partial charge is 0.165 e. The Labute approximate surface area is 113 Å². The van der Waals surface area contributed by atoms with Gasteiger partial charge in [-0.25, -0.2) is 4.68 Å². The van der Waals surface area contributed by atoms with E-state index in [1.807, 2.05) is 4.68 Å². The highest BCUT2D eigenvalue weighted by Crippen LogP contribution is 2.51. The van der Waals surface area contributed by atoms with Gasteiger partial charge in [0.05, 0.1) is 12.6 Å². The van der Waals surface area contributed by atoms with Gasteiger partial charge >= 0.3 is 0 Å². The van der Waals surface area contributed by atoms with Crippen molar-refractivity contribution in [3.8, 4) is 0 Å². The maximum atomic E-state index is 4.15. The Morgan fingerprint density at radius 1 is 1.32 bits per heavy atom. The Morgan fingerprint density at radius 2 is 2.16 bits per heavy atom. The summed E-state index contributed by atoms with van der Waals surface area (Å²) in [4.78, 5) is 0. The van der Waals surface area contributed by atoms with Crippen LogP contribution in [0.2, 0.25) is 0 Å². The fraction of sp³-hybridized carbons (Fsp3) is 0.500. The standard InChI is InChI=1S/C14H19N5/c1-2-8-15-10-14-16-17-18-19(14)13-9-12(13)11-6-4-3-5-7-11/h3-7,12-13,15H,2,8-10H2,1H3. The van der Waals surface area contributed by atoms with E-state index < -0.39 is 0 Å². The summed E-state index contributed by atoms with van der Waals surface area (Å²) in [6.45, 7) is 3.90. The van der Waals surface area contributed by atoms with Crippen molar-refractivity contribution in [2.24, 2.45) is 0 Å². The molecule has 1 saturated carbocycles. The largest absolute Gasteiger partial charge is 0.310 e. The first-order valence-corrected chi connectivity index (χ1v) is 6.92. The topological polar surface area (TPSA) is 55.6 Å². The van der Waals surface area contributed by atoms with Gasteiger partial charge in [0.25, 0.3) is 0 Å². The molecular weight excluding hydrogens is 238 g/mol. The molecule has 1 aromatic heterocycles. The molecule has 5 heteroatoms. The first-order chi connectivity index (χ1) is 9.40. The van der Waals surface area contributed by atoms with Gasteiger partial charge in [-0.3, -0.25) is 0 Å². The summed E-state index contributed by atoms with van der Waals surface area (Å²) in [5, 5.41) is 15.4. The van der Waals surface area contributed by atoms with Crippen molar-refractivity contribution in [2.45, 2.75) is 38.3 Å². The molecule has 1 heterocycles. The van der Waals surface area contributed by atoms with Crippen LogP contribution < -0.4 is 5.32 Å². The summed E-state index contributed by atoms with van der Waals surface area (Å²) in [6, 6.07) is 11.0. The summed E-state index contributed by atoms with van der Waals surface area (Å²) in [5.74, 6) is 1.51. The second-order valence-corrected chi connectivity index (χ2v) is 5.04. The highest BCUT2D eigenvalue weighted by molar-refractivity contribution is 5.26. The van der Waals surface area contributed by atoms with Gasteiger partial charge in [-0.1, -0.05) is 37.3 Å². The van der Waals surface area contributed by atoms with Crippen molar-refractivity contribution in [1.82, 2.24) is 25.5 Å². The first-order valence-electron chi connectivity index (χ1n) is 6.92. The van der Waals surface area contributed by atoms with Crippen molar-refractivity contribution in [3.63, 3.8) is 0 Å². The fourth-order valence-corrected chi connectivity index (χ4v) is 2.47. The van der Waals surface area contributed by atoms with Crippen LogP contribution in [0.4, 0.5) is 0 Å². The molecule has 1 fully saturated rings. The zero-order valence-electron chi connectivity index (χ0n) is 11.2. The highest BCUT2D eigenvalue weighted by Gasteiger charge is 2.42. The lowest BCUT2D eigenvalue weighted by atomic mass is 10.1. The normalized spacial score (nSPS) is 21.5. The van der Waals surface area contributed by atoms with Crippen molar-refractivity contribution in [2.75, 3.05) is 6.54 Å². The van der Waals surface area contributed by atoms with Crippen LogP contribution in [0.1, 0.15) is 43.1 Å². The van der Waals surface area contributed by atoms with Crippen LogP contribution in [0.15, 0.2) is 30.3 Å². The molecule has 5 nitrogen and oxygen atoms in total. The minimum absolute atomic E-state index is 0.427. The van der Waals surface area contributed by atoms with Crippen molar-refractivity contribution < 1.29 is 0 Å². The lowest BCUT2D eigenvalue weighted by molar-refractivity contribution is 0.544. The van der Waals surface area contributed by atoms with Gasteiger partial charge in [-0.05, 0) is 35.4 Å². The lowest BCUT2D eigenvalue weighted by Gasteiger charge is -2.05. The number of hydrogen-bond donors (Lipinski definition) is 1. The Balaban J connectivity index is 1.67. The van der Waals surface area contributed by atoms with E-state index in [1.54, 1.807) is 0 Å². The molecule has 2 atom stereocenters. The van der Waals surface area contributed by atoms with Gasteiger partial charge in [-0.15, -0.1) is 5.10 Å². The summed E-state index contributed by atoms with van der Waals surface area (Å²) >= 11 is 0. The molecule has 2 aromatic rings. The van der Waals surface area contributed by atoms with E-state index in [0.29, 0.717) is 12.0 Å². The lowest BCUT2D eigenvalue weighted by Crippen LogP contribution is -2.18. The molecule has 100 valence electrons. The van der Waals surface area contributed by atoms with Gasteiger partial charge in [0.2, 0.25) is 0 Å². The van der Waals surface area contributed by atoms with Crippen molar-refractivity contribution >= 4 is 0 Å². The molecular formula is C14H19N5. The Kier molecular flexibility index (Phi) is 3.55.